The molecule has 0 aliphatic carbocycles. The molecular weight excluding hydrogens is 242 g/mol. The third kappa shape index (κ3) is 4.59. The van der Waals surface area contributed by atoms with E-state index in [9.17, 15) is 9.59 Å². The van der Waals surface area contributed by atoms with Crippen molar-refractivity contribution in [2.75, 3.05) is 13.1 Å². The Morgan fingerprint density at radius 3 is 2.84 bits per heavy atom. The van der Waals surface area contributed by atoms with Crippen LogP contribution in [0.4, 0.5) is 0 Å². The molecule has 0 saturated carbocycles. The zero-order valence-corrected chi connectivity index (χ0v) is 11.4. The summed E-state index contributed by atoms with van der Waals surface area (Å²) in [5.41, 5.74) is -0.108. The molecule has 1 unspecified atom stereocenters. The molecule has 0 aromatic carbocycles. The van der Waals surface area contributed by atoms with Gasteiger partial charge < -0.3 is 9.47 Å². The molecule has 1 heterocycles. The van der Waals surface area contributed by atoms with E-state index in [0.29, 0.717) is 19.6 Å². The quantitative estimate of drug-likeness (QED) is 0.774. The molecule has 0 fully saturated rings. The van der Waals surface area contributed by atoms with Crippen LogP contribution < -0.4 is 5.56 Å². The lowest BCUT2D eigenvalue weighted by Crippen LogP contribution is -2.35. The van der Waals surface area contributed by atoms with E-state index in [-0.39, 0.29) is 23.8 Å². The highest BCUT2D eigenvalue weighted by Gasteiger charge is 2.14. The monoisotopic (exact) mass is 261 g/mol. The Labute approximate surface area is 113 Å². The van der Waals surface area contributed by atoms with Gasteiger partial charge in [-0.05, 0) is 19.9 Å². The summed E-state index contributed by atoms with van der Waals surface area (Å²) >= 11 is 0. The van der Waals surface area contributed by atoms with Crippen LogP contribution in [0.2, 0.25) is 0 Å². The molecule has 0 aliphatic rings. The van der Waals surface area contributed by atoms with E-state index in [1.165, 1.54) is 10.6 Å². The zero-order chi connectivity index (χ0) is 14.3. The lowest BCUT2D eigenvalue weighted by molar-refractivity contribution is -0.131. The van der Waals surface area contributed by atoms with E-state index in [1.54, 1.807) is 30.2 Å². The molecule has 5 heteroatoms. The van der Waals surface area contributed by atoms with E-state index >= 15 is 0 Å². The number of carbonyl (C=O) groups is 1. The van der Waals surface area contributed by atoms with Crippen LogP contribution in [0.3, 0.4) is 0 Å². The maximum absolute atomic E-state index is 12.0. The maximum Gasteiger partial charge on any atom is 0.250 e. The maximum atomic E-state index is 12.0. The Bertz CT molecular complexity index is 516. The molecule has 5 nitrogen and oxygen atoms in total. The van der Waals surface area contributed by atoms with Gasteiger partial charge in [0.2, 0.25) is 5.91 Å². The van der Waals surface area contributed by atoms with Gasteiger partial charge >= 0.3 is 0 Å². The van der Waals surface area contributed by atoms with Crippen LogP contribution >= 0.6 is 0 Å². The number of carbonyl (C=O) groups excluding carboxylic acids is 1. The molecule has 1 aromatic heterocycles. The van der Waals surface area contributed by atoms with E-state index < -0.39 is 0 Å². The predicted octanol–water partition coefficient (Wildman–Crippen LogP) is 1.25. The predicted molar refractivity (Wildman–Crippen MR) is 72.4 cm³/mol. The smallest absolute Gasteiger partial charge is 0.250 e. The van der Waals surface area contributed by atoms with Gasteiger partial charge in [-0.3, -0.25) is 9.59 Å². The second-order valence-corrected chi connectivity index (χ2v) is 4.44. The van der Waals surface area contributed by atoms with Crippen molar-refractivity contribution >= 4 is 5.91 Å². The fourth-order valence-electron chi connectivity index (χ4n) is 1.80. The molecule has 0 aliphatic heterocycles. The summed E-state index contributed by atoms with van der Waals surface area (Å²) in [4.78, 5) is 25.2. The summed E-state index contributed by atoms with van der Waals surface area (Å²) in [6.45, 7) is 5.06. The number of aryl methyl sites for hydroxylation is 1. The third-order valence-corrected chi connectivity index (χ3v) is 2.91. The van der Waals surface area contributed by atoms with Crippen LogP contribution in [-0.4, -0.2) is 28.5 Å². The van der Waals surface area contributed by atoms with Gasteiger partial charge in [0, 0.05) is 38.3 Å². The molecule has 0 radical (unpaired) electrons. The summed E-state index contributed by atoms with van der Waals surface area (Å²) in [7, 11) is 0. The molecule has 0 N–H and O–H groups in total. The van der Waals surface area contributed by atoms with Crippen LogP contribution in [-0.2, 0) is 11.3 Å². The van der Waals surface area contributed by atoms with Gasteiger partial charge in [0.25, 0.3) is 5.56 Å². The van der Waals surface area contributed by atoms with Gasteiger partial charge in [-0.15, -0.1) is 0 Å². The summed E-state index contributed by atoms with van der Waals surface area (Å²) in [5.74, 6) is -0.205. The SMILES string of the molecule is CCN(CC(C)C#N)C(=O)CCn1ccccc1=O. The molecule has 102 valence electrons. The van der Waals surface area contributed by atoms with E-state index in [2.05, 4.69) is 6.07 Å². The van der Waals surface area contributed by atoms with Gasteiger partial charge in [0.15, 0.2) is 0 Å². The average molecular weight is 261 g/mol. The molecule has 19 heavy (non-hydrogen) atoms. The number of rotatable bonds is 6. The Balaban J connectivity index is 2.57. The van der Waals surface area contributed by atoms with Gasteiger partial charge in [-0.1, -0.05) is 6.07 Å². The van der Waals surface area contributed by atoms with Gasteiger partial charge in [0.05, 0.1) is 12.0 Å². The van der Waals surface area contributed by atoms with Crippen LogP contribution in [0.25, 0.3) is 0 Å². The van der Waals surface area contributed by atoms with Gasteiger partial charge in [-0.25, -0.2) is 0 Å². The van der Waals surface area contributed by atoms with Gasteiger partial charge in [0.1, 0.15) is 0 Å². The standard InChI is InChI=1S/C14H19N3O2/c1-3-16(11-12(2)10-15)14(19)7-9-17-8-5-4-6-13(17)18/h4-6,8,12H,3,7,9,11H2,1-2H3. The van der Waals surface area contributed by atoms with Crippen molar-refractivity contribution in [2.45, 2.75) is 26.8 Å². The molecule has 0 bridgehead atoms. The van der Waals surface area contributed by atoms with E-state index in [1.807, 2.05) is 6.92 Å². The number of amides is 1. The Kier molecular flexibility index (Phi) is 5.80. The van der Waals surface area contributed by atoms with Crippen LogP contribution in [0, 0.1) is 17.2 Å². The number of aromatic nitrogens is 1. The van der Waals surface area contributed by atoms with Crippen molar-refractivity contribution in [3.63, 3.8) is 0 Å². The number of pyridine rings is 1. The Hall–Kier alpha value is -2.09. The summed E-state index contributed by atoms with van der Waals surface area (Å²) in [6.07, 6.45) is 1.94. The summed E-state index contributed by atoms with van der Waals surface area (Å²) in [6, 6.07) is 7.03. The van der Waals surface area contributed by atoms with Crippen molar-refractivity contribution in [3.8, 4) is 6.07 Å². The Morgan fingerprint density at radius 2 is 2.26 bits per heavy atom. The zero-order valence-electron chi connectivity index (χ0n) is 11.4. The minimum absolute atomic E-state index is 0.0275. The second-order valence-electron chi connectivity index (χ2n) is 4.44. The highest BCUT2D eigenvalue weighted by atomic mass is 16.2. The fraction of sp³-hybridized carbons (Fsp3) is 0.500. The minimum atomic E-state index is -0.177. The number of hydrogen-bond acceptors (Lipinski definition) is 3. The van der Waals surface area contributed by atoms with Crippen LogP contribution in [0.5, 0.6) is 0 Å². The highest BCUT2D eigenvalue weighted by Crippen LogP contribution is 2.02. The van der Waals surface area contributed by atoms with Gasteiger partial charge in [-0.2, -0.15) is 5.26 Å². The van der Waals surface area contributed by atoms with Crippen molar-refractivity contribution in [3.05, 3.63) is 34.7 Å². The average Bonchev–Trinajstić information content (AvgIpc) is 2.43. The molecule has 0 saturated heterocycles. The molecule has 1 atom stereocenters. The van der Waals surface area contributed by atoms with Crippen molar-refractivity contribution in [1.29, 1.82) is 5.26 Å². The molecule has 0 spiro atoms. The summed E-state index contributed by atoms with van der Waals surface area (Å²) in [5, 5.41) is 8.77. The lowest BCUT2D eigenvalue weighted by atomic mass is 10.2. The second kappa shape index (κ2) is 7.37. The molecule has 1 aromatic rings. The van der Waals surface area contributed by atoms with Crippen molar-refractivity contribution in [2.24, 2.45) is 5.92 Å². The topological polar surface area (TPSA) is 66.1 Å². The van der Waals surface area contributed by atoms with Crippen LogP contribution in [0.1, 0.15) is 20.3 Å². The van der Waals surface area contributed by atoms with E-state index in [4.69, 9.17) is 5.26 Å². The van der Waals surface area contributed by atoms with Crippen molar-refractivity contribution in [1.82, 2.24) is 9.47 Å². The first-order valence-corrected chi connectivity index (χ1v) is 6.41. The van der Waals surface area contributed by atoms with Crippen molar-refractivity contribution < 1.29 is 4.79 Å². The Morgan fingerprint density at radius 1 is 1.53 bits per heavy atom. The first kappa shape index (κ1) is 15.0. The molecule has 1 rings (SSSR count). The lowest BCUT2D eigenvalue weighted by Gasteiger charge is -2.22. The summed E-state index contributed by atoms with van der Waals surface area (Å²) < 4.78 is 1.51. The largest absolute Gasteiger partial charge is 0.342 e. The number of nitrogens with zero attached hydrogens (tertiary/aromatic N) is 3. The third-order valence-electron chi connectivity index (χ3n) is 2.91. The normalized spacial score (nSPS) is 11.6. The molecule has 1 amide bonds. The highest BCUT2D eigenvalue weighted by molar-refractivity contribution is 5.76. The first-order valence-electron chi connectivity index (χ1n) is 6.41. The molecular formula is C14H19N3O2. The fourth-order valence-corrected chi connectivity index (χ4v) is 1.80. The van der Waals surface area contributed by atoms with Crippen LogP contribution in [0.15, 0.2) is 29.2 Å². The first-order chi connectivity index (χ1) is 9.08. The van der Waals surface area contributed by atoms with E-state index in [0.717, 1.165) is 0 Å². The minimum Gasteiger partial charge on any atom is -0.342 e. The number of hydrogen-bond donors (Lipinski definition) is 0. The number of nitriles is 1.